The molecule has 142 valence electrons. The number of hydrogen-bond acceptors (Lipinski definition) is 4. The van der Waals surface area contributed by atoms with E-state index in [9.17, 15) is 4.79 Å². The first-order chi connectivity index (χ1) is 13.1. The summed E-state index contributed by atoms with van der Waals surface area (Å²) in [7, 11) is 0. The predicted octanol–water partition coefficient (Wildman–Crippen LogP) is 4.05. The molecule has 1 saturated carbocycles. The van der Waals surface area contributed by atoms with Crippen LogP contribution in [0.4, 0.5) is 5.95 Å². The predicted molar refractivity (Wildman–Crippen MR) is 115 cm³/mol. The molecule has 5 nitrogen and oxygen atoms in total. The third-order valence-corrected chi connectivity index (χ3v) is 6.16. The summed E-state index contributed by atoms with van der Waals surface area (Å²) in [5.74, 6) is 1.88. The molecule has 4 rings (SSSR count). The lowest BCUT2D eigenvalue weighted by Crippen LogP contribution is -2.34. The molecule has 0 unspecified atom stereocenters. The molecule has 2 aliphatic rings. The number of amides is 1. The van der Waals surface area contributed by atoms with Gasteiger partial charge in [-0.15, -0.1) is 0 Å². The number of nitrogens with one attached hydrogen (secondary N) is 1. The van der Waals surface area contributed by atoms with Crippen LogP contribution in [0.5, 0.6) is 0 Å². The van der Waals surface area contributed by atoms with Crippen LogP contribution in [0.15, 0.2) is 36.7 Å². The van der Waals surface area contributed by atoms with Crippen molar-refractivity contribution in [3.63, 3.8) is 0 Å². The van der Waals surface area contributed by atoms with Crippen molar-refractivity contribution < 1.29 is 4.79 Å². The average Bonchev–Trinajstić information content (AvgIpc) is 3.54. The van der Waals surface area contributed by atoms with Gasteiger partial charge >= 0.3 is 0 Å². The van der Waals surface area contributed by atoms with Crippen molar-refractivity contribution >= 4 is 34.4 Å². The van der Waals surface area contributed by atoms with Crippen molar-refractivity contribution in [3.8, 4) is 0 Å². The fraction of sp³-hybridized carbons (Fsp3) is 0.476. The maximum atomic E-state index is 11.9. The van der Waals surface area contributed by atoms with Gasteiger partial charge in [-0.1, -0.05) is 24.3 Å². The van der Waals surface area contributed by atoms with Crippen LogP contribution in [0.25, 0.3) is 0 Å². The standard InChI is InChI=1S/C21H25IN4O/c1-14(25-20(27)18-6-7-18)15-2-4-16(5-3-15)17-8-10-26(11-9-17)21-23-12-19(22)13-24-21/h2-5,12-14,17-18H,6-11H2,1H3,(H,25,27)/t14-/m0/s1. The summed E-state index contributed by atoms with van der Waals surface area (Å²) in [5.41, 5.74) is 2.57. The first kappa shape index (κ1) is 18.7. The molecule has 0 radical (unpaired) electrons. The Morgan fingerprint density at radius 3 is 2.33 bits per heavy atom. The van der Waals surface area contributed by atoms with Crippen molar-refractivity contribution in [3.05, 3.63) is 51.4 Å². The van der Waals surface area contributed by atoms with E-state index in [-0.39, 0.29) is 17.9 Å². The highest BCUT2D eigenvalue weighted by molar-refractivity contribution is 14.1. The molecule has 1 atom stereocenters. The molecule has 1 saturated heterocycles. The number of carbonyl (C=O) groups excluding carboxylic acids is 1. The Kier molecular flexibility index (Phi) is 5.61. The molecule has 1 aromatic carbocycles. The fourth-order valence-corrected chi connectivity index (χ4v) is 3.98. The number of nitrogens with zero attached hydrogens (tertiary/aromatic N) is 3. The first-order valence-electron chi connectivity index (χ1n) is 9.73. The second kappa shape index (κ2) is 8.12. The van der Waals surface area contributed by atoms with Gasteiger partial charge in [0.15, 0.2) is 0 Å². The summed E-state index contributed by atoms with van der Waals surface area (Å²) in [5, 5.41) is 3.12. The van der Waals surface area contributed by atoms with Crippen LogP contribution in [-0.4, -0.2) is 29.0 Å². The molecule has 0 spiro atoms. The monoisotopic (exact) mass is 476 g/mol. The summed E-state index contributed by atoms with van der Waals surface area (Å²) in [4.78, 5) is 23.1. The first-order valence-corrected chi connectivity index (χ1v) is 10.8. The number of carbonyl (C=O) groups is 1. The Hall–Kier alpha value is -1.70. The molecule has 1 aliphatic carbocycles. The zero-order chi connectivity index (χ0) is 18.8. The topological polar surface area (TPSA) is 58.1 Å². The van der Waals surface area contributed by atoms with Crippen molar-refractivity contribution in [1.82, 2.24) is 15.3 Å². The van der Waals surface area contributed by atoms with Crippen LogP contribution in [0.2, 0.25) is 0 Å². The van der Waals surface area contributed by atoms with Crippen LogP contribution in [0.3, 0.4) is 0 Å². The summed E-state index contributed by atoms with van der Waals surface area (Å²) in [6, 6.07) is 8.88. The summed E-state index contributed by atoms with van der Waals surface area (Å²) >= 11 is 2.23. The Morgan fingerprint density at radius 1 is 1.11 bits per heavy atom. The fourth-order valence-electron chi connectivity index (χ4n) is 3.70. The minimum Gasteiger partial charge on any atom is -0.349 e. The molecule has 1 aliphatic heterocycles. The van der Waals surface area contributed by atoms with E-state index in [0.717, 1.165) is 48.3 Å². The van der Waals surface area contributed by atoms with E-state index in [1.807, 2.05) is 12.4 Å². The maximum Gasteiger partial charge on any atom is 0.225 e. The molecule has 0 bridgehead atoms. The normalized spacial score (nSPS) is 19.0. The quantitative estimate of drug-likeness (QED) is 0.662. The van der Waals surface area contributed by atoms with E-state index >= 15 is 0 Å². The van der Waals surface area contributed by atoms with Gasteiger partial charge in [0.2, 0.25) is 11.9 Å². The Balaban J connectivity index is 1.33. The van der Waals surface area contributed by atoms with Gasteiger partial charge in [-0.3, -0.25) is 4.79 Å². The van der Waals surface area contributed by atoms with E-state index in [0.29, 0.717) is 5.92 Å². The number of hydrogen-bond donors (Lipinski definition) is 1. The van der Waals surface area contributed by atoms with Crippen LogP contribution >= 0.6 is 22.6 Å². The molecule has 2 heterocycles. The van der Waals surface area contributed by atoms with Gasteiger partial charge in [-0.2, -0.15) is 0 Å². The molecular formula is C21H25IN4O. The second-order valence-corrected chi connectivity index (χ2v) is 8.88. The zero-order valence-electron chi connectivity index (χ0n) is 15.6. The minimum atomic E-state index is 0.0759. The van der Waals surface area contributed by atoms with Crippen molar-refractivity contribution in [2.75, 3.05) is 18.0 Å². The van der Waals surface area contributed by atoms with E-state index in [1.165, 1.54) is 11.1 Å². The lowest BCUT2D eigenvalue weighted by Gasteiger charge is -2.32. The van der Waals surface area contributed by atoms with Gasteiger partial charge in [0, 0.05) is 35.0 Å². The third kappa shape index (κ3) is 4.59. The number of aromatic nitrogens is 2. The molecule has 27 heavy (non-hydrogen) atoms. The molecule has 1 N–H and O–H groups in total. The van der Waals surface area contributed by atoms with Crippen molar-refractivity contribution in [2.45, 2.75) is 44.6 Å². The highest BCUT2D eigenvalue weighted by Crippen LogP contribution is 2.31. The molecule has 6 heteroatoms. The van der Waals surface area contributed by atoms with Gasteiger partial charge in [0.05, 0.1) is 6.04 Å². The van der Waals surface area contributed by atoms with Crippen molar-refractivity contribution in [2.24, 2.45) is 5.92 Å². The van der Waals surface area contributed by atoms with Gasteiger partial charge in [-0.25, -0.2) is 9.97 Å². The van der Waals surface area contributed by atoms with Gasteiger partial charge < -0.3 is 10.2 Å². The molecular weight excluding hydrogens is 451 g/mol. The van der Waals surface area contributed by atoms with Gasteiger partial charge in [0.1, 0.15) is 0 Å². The Morgan fingerprint density at radius 2 is 1.74 bits per heavy atom. The van der Waals surface area contributed by atoms with Crippen molar-refractivity contribution in [1.29, 1.82) is 0 Å². The molecule has 1 aromatic heterocycles. The highest BCUT2D eigenvalue weighted by Gasteiger charge is 2.30. The number of piperidine rings is 1. The third-order valence-electron chi connectivity index (χ3n) is 5.60. The van der Waals surface area contributed by atoms with Crippen LogP contribution in [0.1, 0.15) is 55.7 Å². The summed E-state index contributed by atoms with van der Waals surface area (Å²) < 4.78 is 1.06. The number of halogens is 1. The maximum absolute atomic E-state index is 11.9. The Bertz CT molecular complexity index is 781. The lowest BCUT2D eigenvalue weighted by atomic mass is 9.88. The Labute approximate surface area is 174 Å². The second-order valence-electron chi connectivity index (χ2n) is 7.63. The van der Waals surface area contributed by atoms with Crippen LogP contribution < -0.4 is 10.2 Å². The smallest absolute Gasteiger partial charge is 0.225 e. The number of benzene rings is 1. The highest BCUT2D eigenvalue weighted by atomic mass is 127. The summed E-state index contributed by atoms with van der Waals surface area (Å²) in [6.45, 7) is 4.04. The minimum absolute atomic E-state index is 0.0759. The number of anilines is 1. The largest absolute Gasteiger partial charge is 0.349 e. The SMILES string of the molecule is C[C@H](NC(=O)C1CC1)c1ccc(C2CCN(c3ncc(I)cn3)CC2)cc1. The van der Waals surface area contributed by atoms with E-state index < -0.39 is 0 Å². The molecule has 1 amide bonds. The van der Waals surface area contributed by atoms with Crippen LogP contribution in [0, 0.1) is 9.49 Å². The molecule has 2 aromatic rings. The van der Waals surface area contributed by atoms with E-state index in [2.05, 4.69) is 74.0 Å². The molecule has 2 fully saturated rings. The van der Waals surface area contributed by atoms with E-state index in [4.69, 9.17) is 0 Å². The van der Waals surface area contributed by atoms with Gasteiger partial charge in [-0.05, 0) is 72.2 Å². The van der Waals surface area contributed by atoms with Gasteiger partial charge in [0.25, 0.3) is 0 Å². The van der Waals surface area contributed by atoms with E-state index in [1.54, 1.807) is 0 Å². The zero-order valence-corrected chi connectivity index (χ0v) is 17.7. The number of rotatable bonds is 5. The lowest BCUT2D eigenvalue weighted by molar-refractivity contribution is -0.122. The average molecular weight is 476 g/mol. The summed E-state index contributed by atoms with van der Waals surface area (Å²) in [6.07, 6.45) is 8.06. The van der Waals surface area contributed by atoms with Crippen LogP contribution in [-0.2, 0) is 4.79 Å².